The zero-order valence-corrected chi connectivity index (χ0v) is 23.6. The van der Waals surface area contributed by atoms with Crippen molar-refractivity contribution in [3.8, 4) is 17.2 Å². The standard InChI is InChI=1S/C29H37N9O2/c1-29(2,3)40-28(39)37-12-7-24(19-37)34-26-13-23(6-5-20(26)14-30)35-27-31-15-21(16-32-27)22-17-33-38(18-22)25-8-10-36(4)11-9-25/h5-6,13,15-18,24-25,34H,7-12,19H2,1-4H3,(H,31,32,35). The number of likely N-dealkylation sites (tertiary alicyclic amines) is 2. The summed E-state index contributed by atoms with van der Waals surface area (Å²) in [5.74, 6) is 0.457. The summed E-state index contributed by atoms with van der Waals surface area (Å²) in [5, 5.41) is 20.9. The summed E-state index contributed by atoms with van der Waals surface area (Å²) >= 11 is 0. The number of aromatic nitrogens is 4. The maximum absolute atomic E-state index is 12.4. The van der Waals surface area contributed by atoms with Crippen LogP contribution in [0.4, 0.5) is 22.1 Å². The van der Waals surface area contributed by atoms with E-state index in [0.717, 1.165) is 49.2 Å². The van der Waals surface area contributed by atoms with Gasteiger partial charge < -0.3 is 25.2 Å². The van der Waals surface area contributed by atoms with Crippen LogP contribution in [-0.2, 0) is 4.74 Å². The van der Waals surface area contributed by atoms with Gasteiger partial charge in [-0.05, 0) is 78.4 Å². The Morgan fingerprint density at radius 3 is 2.52 bits per heavy atom. The van der Waals surface area contributed by atoms with E-state index in [0.29, 0.717) is 36.3 Å². The van der Waals surface area contributed by atoms with E-state index < -0.39 is 5.60 Å². The topological polar surface area (TPSA) is 124 Å². The van der Waals surface area contributed by atoms with Crippen molar-refractivity contribution < 1.29 is 9.53 Å². The number of hydrogen-bond acceptors (Lipinski definition) is 9. The minimum Gasteiger partial charge on any atom is -0.444 e. The van der Waals surface area contributed by atoms with Crippen molar-refractivity contribution >= 4 is 23.4 Å². The molecule has 40 heavy (non-hydrogen) atoms. The van der Waals surface area contributed by atoms with E-state index >= 15 is 0 Å². The number of nitrogens with zero attached hydrogens (tertiary/aromatic N) is 7. The van der Waals surface area contributed by atoms with Crippen LogP contribution < -0.4 is 10.6 Å². The van der Waals surface area contributed by atoms with E-state index in [1.165, 1.54) is 0 Å². The number of rotatable bonds is 6. The summed E-state index contributed by atoms with van der Waals surface area (Å²) in [5.41, 5.74) is 3.34. The van der Waals surface area contributed by atoms with E-state index in [9.17, 15) is 10.1 Å². The van der Waals surface area contributed by atoms with Crippen LogP contribution in [0.5, 0.6) is 0 Å². The summed E-state index contributed by atoms with van der Waals surface area (Å²) < 4.78 is 7.56. The van der Waals surface area contributed by atoms with Crippen LogP contribution in [-0.4, -0.2) is 80.5 Å². The molecule has 11 heteroatoms. The van der Waals surface area contributed by atoms with Gasteiger partial charge >= 0.3 is 6.09 Å². The lowest BCUT2D eigenvalue weighted by Gasteiger charge is -2.28. The molecule has 210 valence electrons. The monoisotopic (exact) mass is 543 g/mol. The van der Waals surface area contributed by atoms with Gasteiger partial charge in [0.1, 0.15) is 11.7 Å². The molecule has 2 aliphatic rings. The zero-order valence-electron chi connectivity index (χ0n) is 23.6. The van der Waals surface area contributed by atoms with E-state index in [-0.39, 0.29) is 12.1 Å². The smallest absolute Gasteiger partial charge is 0.410 e. The van der Waals surface area contributed by atoms with Gasteiger partial charge in [-0.2, -0.15) is 10.4 Å². The minimum atomic E-state index is -0.536. The van der Waals surface area contributed by atoms with Gasteiger partial charge in [-0.15, -0.1) is 0 Å². The van der Waals surface area contributed by atoms with Crippen molar-refractivity contribution in [2.45, 2.75) is 57.7 Å². The van der Waals surface area contributed by atoms with Gasteiger partial charge in [-0.25, -0.2) is 14.8 Å². The quantitative estimate of drug-likeness (QED) is 0.457. The van der Waals surface area contributed by atoms with E-state index in [1.54, 1.807) is 23.4 Å². The molecule has 0 spiro atoms. The van der Waals surface area contributed by atoms with Gasteiger partial charge in [0.15, 0.2) is 0 Å². The lowest BCUT2D eigenvalue weighted by molar-refractivity contribution is 0.0293. The number of ether oxygens (including phenoxy) is 1. The molecule has 2 N–H and O–H groups in total. The lowest BCUT2D eigenvalue weighted by atomic mass is 10.1. The number of carbonyl (C=O) groups is 1. The first kappa shape index (κ1) is 27.4. The highest BCUT2D eigenvalue weighted by Crippen LogP contribution is 2.27. The molecule has 11 nitrogen and oxygen atoms in total. The number of nitrogens with one attached hydrogen (secondary N) is 2. The fraction of sp³-hybridized carbons (Fsp3) is 0.483. The van der Waals surface area contributed by atoms with Crippen LogP contribution in [0, 0.1) is 11.3 Å². The van der Waals surface area contributed by atoms with Gasteiger partial charge in [0.05, 0.1) is 23.5 Å². The number of nitriles is 1. The van der Waals surface area contributed by atoms with Crippen LogP contribution in [0.15, 0.2) is 43.0 Å². The predicted molar refractivity (Wildman–Crippen MR) is 153 cm³/mol. The molecule has 3 aromatic rings. The molecule has 1 amide bonds. The van der Waals surface area contributed by atoms with Crippen molar-refractivity contribution in [3.63, 3.8) is 0 Å². The molecule has 2 aromatic heterocycles. The number of anilines is 3. The second-order valence-electron chi connectivity index (χ2n) is 11.6. The summed E-state index contributed by atoms with van der Waals surface area (Å²) in [6.07, 6.45) is 10.2. The van der Waals surface area contributed by atoms with Crippen molar-refractivity contribution in [2.75, 3.05) is 43.9 Å². The van der Waals surface area contributed by atoms with Gasteiger partial charge in [0.2, 0.25) is 5.95 Å². The van der Waals surface area contributed by atoms with Crippen LogP contribution in [0.1, 0.15) is 51.6 Å². The number of benzene rings is 1. The normalized spacial score (nSPS) is 18.4. The van der Waals surface area contributed by atoms with Crippen LogP contribution in [0.2, 0.25) is 0 Å². The highest BCUT2D eigenvalue weighted by Gasteiger charge is 2.30. The Hall–Kier alpha value is -4.17. The summed E-state index contributed by atoms with van der Waals surface area (Å²) in [6, 6.07) is 8.14. The highest BCUT2D eigenvalue weighted by molar-refractivity contribution is 5.70. The first-order valence-electron chi connectivity index (χ1n) is 13.8. The molecular weight excluding hydrogens is 506 g/mol. The lowest BCUT2D eigenvalue weighted by Crippen LogP contribution is -2.36. The summed E-state index contributed by atoms with van der Waals surface area (Å²) in [6.45, 7) is 8.85. The molecule has 1 aromatic carbocycles. The van der Waals surface area contributed by atoms with E-state index in [2.05, 4.69) is 54.6 Å². The van der Waals surface area contributed by atoms with Crippen LogP contribution >= 0.6 is 0 Å². The van der Waals surface area contributed by atoms with Gasteiger partial charge in [-0.3, -0.25) is 4.68 Å². The Labute approximate surface area is 235 Å². The molecule has 0 saturated carbocycles. The molecule has 5 rings (SSSR count). The molecule has 2 aliphatic heterocycles. The molecule has 4 heterocycles. The predicted octanol–water partition coefficient (Wildman–Crippen LogP) is 4.64. The van der Waals surface area contributed by atoms with Crippen molar-refractivity contribution in [1.29, 1.82) is 5.26 Å². The SMILES string of the molecule is CN1CCC(n2cc(-c3cnc(Nc4ccc(C#N)c(NC5CCN(C(=O)OC(C)(C)C)C5)c4)nc3)cn2)CC1. The molecule has 2 saturated heterocycles. The van der Waals surface area contributed by atoms with E-state index in [4.69, 9.17) is 4.74 Å². The maximum Gasteiger partial charge on any atom is 0.410 e. The Kier molecular flexibility index (Phi) is 7.89. The second kappa shape index (κ2) is 11.5. The summed E-state index contributed by atoms with van der Waals surface area (Å²) in [4.78, 5) is 25.5. The third kappa shape index (κ3) is 6.69. The fourth-order valence-electron chi connectivity index (χ4n) is 5.05. The molecule has 2 fully saturated rings. The Balaban J connectivity index is 1.21. The fourth-order valence-corrected chi connectivity index (χ4v) is 5.05. The average molecular weight is 544 g/mol. The third-order valence-corrected chi connectivity index (χ3v) is 7.24. The first-order valence-corrected chi connectivity index (χ1v) is 13.8. The number of carbonyl (C=O) groups excluding carboxylic acids is 1. The maximum atomic E-state index is 12.4. The van der Waals surface area contributed by atoms with E-state index in [1.807, 2.05) is 39.1 Å². The average Bonchev–Trinajstić information content (AvgIpc) is 3.60. The zero-order chi connectivity index (χ0) is 28.3. The number of amides is 1. The Morgan fingerprint density at radius 2 is 1.82 bits per heavy atom. The second-order valence-corrected chi connectivity index (χ2v) is 11.6. The molecule has 0 radical (unpaired) electrons. The van der Waals surface area contributed by atoms with Crippen molar-refractivity contribution in [1.82, 2.24) is 29.5 Å². The number of hydrogen-bond donors (Lipinski definition) is 2. The molecule has 1 atom stereocenters. The highest BCUT2D eigenvalue weighted by atomic mass is 16.6. The van der Waals surface area contributed by atoms with Crippen molar-refractivity contribution in [3.05, 3.63) is 48.5 Å². The molecular formula is C29H37N9O2. The largest absolute Gasteiger partial charge is 0.444 e. The summed E-state index contributed by atoms with van der Waals surface area (Å²) in [7, 11) is 2.16. The van der Waals surface area contributed by atoms with Crippen LogP contribution in [0.25, 0.3) is 11.1 Å². The molecule has 0 aliphatic carbocycles. The van der Waals surface area contributed by atoms with Gasteiger partial charge in [0.25, 0.3) is 0 Å². The molecule has 1 unspecified atom stereocenters. The van der Waals surface area contributed by atoms with Gasteiger partial charge in [-0.1, -0.05) is 0 Å². The Morgan fingerprint density at radius 1 is 1.07 bits per heavy atom. The number of piperidine rings is 1. The molecule has 0 bridgehead atoms. The third-order valence-electron chi connectivity index (χ3n) is 7.24. The first-order chi connectivity index (χ1) is 19.2. The van der Waals surface area contributed by atoms with Crippen LogP contribution in [0.3, 0.4) is 0 Å². The van der Waals surface area contributed by atoms with Gasteiger partial charge in [0, 0.05) is 54.5 Å². The minimum absolute atomic E-state index is 0.0147. The van der Waals surface area contributed by atoms with Crippen molar-refractivity contribution in [2.24, 2.45) is 0 Å². The Bertz CT molecular complexity index is 1370.